The summed E-state index contributed by atoms with van der Waals surface area (Å²) in [6, 6.07) is 0.666. The molecule has 0 spiro atoms. The van der Waals surface area contributed by atoms with Crippen LogP contribution in [0.2, 0.25) is 0 Å². The summed E-state index contributed by atoms with van der Waals surface area (Å²) in [5, 5.41) is 13.1. The van der Waals surface area contributed by atoms with Gasteiger partial charge in [-0.05, 0) is 71.1 Å². The van der Waals surface area contributed by atoms with Crippen LogP contribution in [0.25, 0.3) is 0 Å². The zero-order valence-electron chi connectivity index (χ0n) is 11.0. The third-order valence-electron chi connectivity index (χ3n) is 4.23. The van der Waals surface area contributed by atoms with E-state index in [-0.39, 0.29) is 6.10 Å². The molecular weight excluding hydrogens is 212 g/mol. The van der Waals surface area contributed by atoms with Crippen molar-refractivity contribution in [1.29, 1.82) is 0 Å². The van der Waals surface area contributed by atoms with Gasteiger partial charge in [0, 0.05) is 6.04 Å². The number of rotatable bonds is 5. The van der Waals surface area contributed by atoms with Gasteiger partial charge in [0.1, 0.15) is 0 Å². The van der Waals surface area contributed by atoms with Crippen LogP contribution in [-0.2, 0) is 0 Å². The molecule has 2 fully saturated rings. The maximum Gasteiger partial charge on any atom is 0.0541 e. The van der Waals surface area contributed by atoms with Gasteiger partial charge in [-0.3, -0.25) is 0 Å². The Hall–Kier alpha value is -0.120. The Morgan fingerprint density at radius 1 is 1.00 bits per heavy atom. The van der Waals surface area contributed by atoms with E-state index in [1.165, 1.54) is 45.3 Å². The van der Waals surface area contributed by atoms with E-state index in [4.69, 9.17) is 0 Å². The van der Waals surface area contributed by atoms with Crippen LogP contribution in [0.4, 0.5) is 0 Å². The summed E-state index contributed by atoms with van der Waals surface area (Å²) in [7, 11) is 0. The Labute approximate surface area is 106 Å². The molecule has 3 heteroatoms. The Kier molecular flexibility index (Phi) is 5.75. The van der Waals surface area contributed by atoms with Crippen LogP contribution in [0.5, 0.6) is 0 Å². The molecule has 17 heavy (non-hydrogen) atoms. The van der Waals surface area contributed by atoms with Crippen LogP contribution in [0.15, 0.2) is 0 Å². The van der Waals surface area contributed by atoms with Gasteiger partial charge < -0.3 is 15.3 Å². The summed E-state index contributed by atoms with van der Waals surface area (Å²) in [6.07, 6.45) is 9.77. The maximum absolute atomic E-state index is 9.43. The molecule has 0 amide bonds. The Balaban J connectivity index is 1.48. The molecule has 2 N–H and O–H groups in total. The van der Waals surface area contributed by atoms with Crippen molar-refractivity contribution in [2.24, 2.45) is 0 Å². The number of likely N-dealkylation sites (tertiary alicyclic amines) is 1. The predicted molar refractivity (Wildman–Crippen MR) is 71.2 cm³/mol. The first kappa shape index (κ1) is 13.3. The first-order valence-corrected chi connectivity index (χ1v) is 7.48. The van der Waals surface area contributed by atoms with Crippen LogP contribution in [0.3, 0.4) is 0 Å². The number of hydrogen-bond donors (Lipinski definition) is 2. The lowest BCUT2D eigenvalue weighted by atomic mass is 9.93. The van der Waals surface area contributed by atoms with E-state index in [0.29, 0.717) is 6.04 Å². The maximum atomic E-state index is 9.43. The molecule has 0 bridgehead atoms. The van der Waals surface area contributed by atoms with Crippen LogP contribution in [0.1, 0.15) is 51.4 Å². The molecule has 0 aromatic heterocycles. The second-order valence-electron chi connectivity index (χ2n) is 5.72. The van der Waals surface area contributed by atoms with Gasteiger partial charge in [0.05, 0.1) is 6.10 Å². The quantitative estimate of drug-likeness (QED) is 0.719. The normalized spacial score (nSPS) is 31.6. The molecule has 3 nitrogen and oxygen atoms in total. The van der Waals surface area contributed by atoms with Crippen molar-refractivity contribution in [3.8, 4) is 0 Å². The van der Waals surface area contributed by atoms with Gasteiger partial charge in [0.2, 0.25) is 0 Å². The molecule has 1 aliphatic heterocycles. The van der Waals surface area contributed by atoms with Crippen molar-refractivity contribution in [3.05, 3.63) is 0 Å². The fourth-order valence-electron chi connectivity index (χ4n) is 3.07. The average molecular weight is 240 g/mol. The third kappa shape index (κ3) is 4.94. The number of nitrogens with one attached hydrogen (secondary N) is 1. The molecule has 2 rings (SSSR count). The molecule has 100 valence electrons. The number of aliphatic hydroxyl groups is 1. The van der Waals surface area contributed by atoms with Crippen molar-refractivity contribution in [3.63, 3.8) is 0 Å². The van der Waals surface area contributed by atoms with E-state index < -0.39 is 0 Å². The molecule has 0 unspecified atom stereocenters. The first-order chi connectivity index (χ1) is 8.34. The van der Waals surface area contributed by atoms with E-state index in [9.17, 15) is 5.11 Å². The molecule has 1 aliphatic carbocycles. The molecule has 1 saturated carbocycles. The van der Waals surface area contributed by atoms with Crippen molar-refractivity contribution >= 4 is 0 Å². The number of piperidine rings is 1. The minimum absolute atomic E-state index is 0.0265. The van der Waals surface area contributed by atoms with Crippen LogP contribution >= 0.6 is 0 Å². The summed E-state index contributed by atoms with van der Waals surface area (Å²) in [4.78, 5) is 2.61. The molecule has 2 aliphatic rings. The van der Waals surface area contributed by atoms with Gasteiger partial charge >= 0.3 is 0 Å². The molecule has 1 saturated heterocycles. The lowest BCUT2D eigenvalue weighted by Crippen LogP contribution is -2.37. The van der Waals surface area contributed by atoms with Crippen molar-refractivity contribution in [1.82, 2.24) is 10.2 Å². The van der Waals surface area contributed by atoms with Crippen LogP contribution < -0.4 is 5.32 Å². The minimum Gasteiger partial charge on any atom is -0.393 e. The second kappa shape index (κ2) is 7.34. The van der Waals surface area contributed by atoms with Crippen LogP contribution in [-0.4, -0.2) is 48.3 Å². The Morgan fingerprint density at radius 3 is 2.41 bits per heavy atom. The average Bonchev–Trinajstić information content (AvgIpc) is 2.38. The fraction of sp³-hybridized carbons (Fsp3) is 1.00. The topological polar surface area (TPSA) is 35.5 Å². The summed E-state index contributed by atoms with van der Waals surface area (Å²) in [5.74, 6) is 0. The summed E-state index contributed by atoms with van der Waals surface area (Å²) < 4.78 is 0. The highest BCUT2D eigenvalue weighted by molar-refractivity contribution is 4.76. The highest BCUT2D eigenvalue weighted by Crippen LogP contribution is 2.18. The molecule has 0 radical (unpaired) electrons. The molecule has 0 aromatic rings. The van der Waals surface area contributed by atoms with E-state index >= 15 is 0 Å². The first-order valence-electron chi connectivity index (χ1n) is 7.48. The second-order valence-corrected chi connectivity index (χ2v) is 5.72. The number of hydrogen-bond acceptors (Lipinski definition) is 3. The zero-order valence-corrected chi connectivity index (χ0v) is 11.0. The predicted octanol–water partition coefficient (Wildman–Crippen LogP) is 1.76. The van der Waals surface area contributed by atoms with E-state index in [0.717, 1.165) is 32.2 Å². The van der Waals surface area contributed by atoms with E-state index in [1.54, 1.807) is 0 Å². The SMILES string of the molecule is OC1CCC(NCCCN2CCCCC2)CC1. The summed E-state index contributed by atoms with van der Waals surface area (Å²) in [6.45, 7) is 5.05. The van der Waals surface area contributed by atoms with Gasteiger partial charge in [-0.1, -0.05) is 6.42 Å². The van der Waals surface area contributed by atoms with Gasteiger partial charge in [-0.25, -0.2) is 0 Å². The minimum atomic E-state index is -0.0265. The largest absolute Gasteiger partial charge is 0.393 e. The van der Waals surface area contributed by atoms with E-state index in [1.807, 2.05) is 0 Å². The van der Waals surface area contributed by atoms with Gasteiger partial charge in [-0.15, -0.1) is 0 Å². The smallest absolute Gasteiger partial charge is 0.0541 e. The van der Waals surface area contributed by atoms with Gasteiger partial charge in [-0.2, -0.15) is 0 Å². The highest BCUT2D eigenvalue weighted by Gasteiger charge is 2.18. The summed E-state index contributed by atoms with van der Waals surface area (Å²) >= 11 is 0. The van der Waals surface area contributed by atoms with Crippen molar-refractivity contribution in [2.45, 2.75) is 63.5 Å². The highest BCUT2D eigenvalue weighted by atomic mass is 16.3. The Morgan fingerprint density at radius 2 is 1.71 bits per heavy atom. The molecule has 0 aromatic carbocycles. The summed E-state index contributed by atoms with van der Waals surface area (Å²) in [5.41, 5.74) is 0. The van der Waals surface area contributed by atoms with Gasteiger partial charge in [0.25, 0.3) is 0 Å². The molecule has 1 heterocycles. The zero-order chi connectivity index (χ0) is 11.9. The van der Waals surface area contributed by atoms with Gasteiger partial charge in [0.15, 0.2) is 0 Å². The fourth-order valence-corrected chi connectivity index (χ4v) is 3.07. The lowest BCUT2D eigenvalue weighted by molar-refractivity contribution is 0.116. The van der Waals surface area contributed by atoms with Crippen molar-refractivity contribution in [2.75, 3.05) is 26.2 Å². The van der Waals surface area contributed by atoms with E-state index in [2.05, 4.69) is 10.2 Å². The number of aliphatic hydroxyl groups excluding tert-OH is 1. The van der Waals surface area contributed by atoms with Crippen LogP contribution in [0, 0.1) is 0 Å². The molecular formula is C14H28N2O. The lowest BCUT2D eigenvalue weighted by Gasteiger charge is -2.28. The number of nitrogens with zero attached hydrogens (tertiary/aromatic N) is 1. The standard InChI is InChI=1S/C14H28N2O/c17-14-7-5-13(6-8-14)15-9-4-12-16-10-2-1-3-11-16/h13-15,17H,1-12H2. The Bertz CT molecular complexity index is 196. The molecule has 0 atom stereocenters. The van der Waals surface area contributed by atoms with Crippen molar-refractivity contribution < 1.29 is 5.11 Å². The third-order valence-corrected chi connectivity index (χ3v) is 4.23. The monoisotopic (exact) mass is 240 g/mol.